The van der Waals surface area contributed by atoms with E-state index in [0.717, 1.165) is 36.1 Å². The summed E-state index contributed by atoms with van der Waals surface area (Å²) in [5, 5.41) is 20.3. The van der Waals surface area contributed by atoms with E-state index >= 15 is 0 Å². The molecule has 4 rings (SSSR count). The summed E-state index contributed by atoms with van der Waals surface area (Å²) in [5.74, 6) is 0.649. The van der Waals surface area contributed by atoms with Crippen LogP contribution >= 0.6 is 0 Å². The van der Waals surface area contributed by atoms with Crippen LogP contribution in [0.2, 0.25) is 0 Å². The summed E-state index contributed by atoms with van der Waals surface area (Å²) in [7, 11) is 2.15. The van der Waals surface area contributed by atoms with E-state index in [9.17, 15) is 15.0 Å². The number of aliphatic hydroxyl groups is 1. The van der Waals surface area contributed by atoms with Gasteiger partial charge in [0.1, 0.15) is 5.75 Å². The molecule has 1 aromatic carbocycles. The number of nitrogens with zero attached hydrogens (tertiary/aromatic N) is 1. The van der Waals surface area contributed by atoms with Gasteiger partial charge >= 0.3 is 0 Å². The Morgan fingerprint density at radius 3 is 2.91 bits per heavy atom. The number of rotatable bonds is 1. The number of phenols is 1. The van der Waals surface area contributed by atoms with Crippen molar-refractivity contribution in [2.24, 2.45) is 5.92 Å². The number of hydrogen-bond donors (Lipinski definition) is 2. The average molecular weight is 313 g/mol. The van der Waals surface area contributed by atoms with E-state index in [1.165, 1.54) is 0 Å². The van der Waals surface area contributed by atoms with Crippen molar-refractivity contribution in [3.05, 3.63) is 40.5 Å². The molecule has 2 aliphatic carbocycles. The minimum atomic E-state index is -0.309. The SMILES string of the molecule is CC1=C[C@@H]2[C@@H]3Cc4ccc(CO)c(O)c4[C@@]2(CCN3C)CC1=O. The molecule has 3 aliphatic rings. The lowest BCUT2D eigenvalue weighted by Gasteiger charge is -2.56. The molecule has 0 radical (unpaired) electrons. The zero-order valence-electron chi connectivity index (χ0n) is 13.7. The molecule has 2 N–H and O–H groups in total. The van der Waals surface area contributed by atoms with Gasteiger partial charge in [-0.3, -0.25) is 4.79 Å². The van der Waals surface area contributed by atoms with Crippen molar-refractivity contribution >= 4 is 5.78 Å². The molecular formula is C19H23NO3. The van der Waals surface area contributed by atoms with Gasteiger partial charge in [0.2, 0.25) is 0 Å². The monoisotopic (exact) mass is 313 g/mol. The highest BCUT2D eigenvalue weighted by molar-refractivity contribution is 5.97. The number of hydrogen-bond acceptors (Lipinski definition) is 4. The molecule has 4 heteroatoms. The minimum absolute atomic E-state index is 0.175. The molecule has 1 heterocycles. The maximum Gasteiger partial charge on any atom is 0.159 e. The molecule has 1 aromatic rings. The van der Waals surface area contributed by atoms with Crippen LogP contribution in [0, 0.1) is 5.92 Å². The van der Waals surface area contributed by atoms with E-state index in [0.29, 0.717) is 18.0 Å². The Morgan fingerprint density at radius 2 is 2.17 bits per heavy atom. The Bertz CT molecular complexity index is 724. The molecule has 0 spiro atoms. The molecule has 1 aliphatic heterocycles. The maximum atomic E-state index is 12.5. The van der Waals surface area contributed by atoms with Crippen molar-refractivity contribution in [1.82, 2.24) is 4.90 Å². The first-order chi connectivity index (χ1) is 11.0. The van der Waals surface area contributed by atoms with E-state index in [-0.39, 0.29) is 29.5 Å². The van der Waals surface area contributed by atoms with E-state index < -0.39 is 0 Å². The van der Waals surface area contributed by atoms with Gasteiger partial charge in [-0.25, -0.2) is 0 Å². The second-order valence-electron chi connectivity index (χ2n) is 7.40. The Balaban J connectivity index is 1.99. The van der Waals surface area contributed by atoms with Crippen LogP contribution in [0.4, 0.5) is 0 Å². The number of ketones is 1. The van der Waals surface area contributed by atoms with Gasteiger partial charge in [-0.05, 0) is 44.5 Å². The lowest BCUT2D eigenvalue weighted by Crippen LogP contribution is -2.60. The molecule has 122 valence electrons. The summed E-state index contributed by atoms with van der Waals surface area (Å²) < 4.78 is 0. The lowest BCUT2D eigenvalue weighted by molar-refractivity contribution is -0.119. The highest BCUT2D eigenvalue weighted by Gasteiger charge is 2.55. The van der Waals surface area contributed by atoms with Gasteiger partial charge in [-0.1, -0.05) is 18.2 Å². The van der Waals surface area contributed by atoms with Gasteiger partial charge in [0.05, 0.1) is 6.61 Å². The molecule has 1 fully saturated rings. The van der Waals surface area contributed by atoms with E-state index in [1.807, 2.05) is 19.1 Å². The summed E-state index contributed by atoms with van der Waals surface area (Å²) in [6.07, 6.45) is 4.37. The van der Waals surface area contributed by atoms with E-state index in [4.69, 9.17) is 0 Å². The number of aromatic hydroxyl groups is 1. The average Bonchev–Trinajstić information content (AvgIpc) is 2.52. The Hall–Kier alpha value is -1.65. The van der Waals surface area contributed by atoms with Gasteiger partial charge in [0, 0.05) is 34.9 Å². The van der Waals surface area contributed by atoms with Crippen LogP contribution in [0.15, 0.2) is 23.8 Å². The summed E-state index contributed by atoms with van der Waals surface area (Å²) in [5.41, 5.74) is 3.17. The maximum absolute atomic E-state index is 12.5. The lowest BCUT2D eigenvalue weighted by atomic mass is 9.53. The molecular weight excluding hydrogens is 290 g/mol. The van der Waals surface area contributed by atoms with Gasteiger partial charge in [0.15, 0.2) is 5.78 Å². The first-order valence-corrected chi connectivity index (χ1v) is 8.35. The third kappa shape index (κ3) is 1.88. The fourth-order valence-electron chi connectivity index (χ4n) is 5.03. The first-order valence-electron chi connectivity index (χ1n) is 8.35. The topological polar surface area (TPSA) is 60.8 Å². The number of likely N-dealkylation sites (N-methyl/N-ethyl adjacent to an activating group) is 1. The summed E-state index contributed by atoms with van der Waals surface area (Å²) in [4.78, 5) is 14.9. The molecule has 0 aromatic heterocycles. The van der Waals surface area contributed by atoms with Crippen molar-refractivity contribution in [2.75, 3.05) is 13.6 Å². The van der Waals surface area contributed by atoms with Crippen LogP contribution in [0.5, 0.6) is 5.75 Å². The zero-order chi connectivity index (χ0) is 16.4. The van der Waals surface area contributed by atoms with Gasteiger partial charge in [-0.2, -0.15) is 0 Å². The second-order valence-corrected chi connectivity index (χ2v) is 7.40. The largest absolute Gasteiger partial charge is 0.507 e. The molecule has 0 amide bonds. The number of aliphatic hydroxyl groups excluding tert-OH is 1. The van der Waals surface area contributed by atoms with E-state index in [1.54, 1.807) is 0 Å². The van der Waals surface area contributed by atoms with Gasteiger partial charge in [0.25, 0.3) is 0 Å². The van der Waals surface area contributed by atoms with Crippen LogP contribution in [0.25, 0.3) is 0 Å². The van der Waals surface area contributed by atoms with Crippen LogP contribution in [0.1, 0.15) is 36.5 Å². The predicted octanol–water partition coefficient (Wildman–Crippen LogP) is 1.92. The highest BCUT2D eigenvalue weighted by Crippen LogP contribution is 2.56. The van der Waals surface area contributed by atoms with E-state index in [2.05, 4.69) is 18.0 Å². The molecule has 4 nitrogen and oxygen atoms in total. The zero-order valence-corrected chi connectivity index (χ0v) is 13.7. The Labute approximate surface area is 136 Å². The second kappa shape index (κ2) is 4.92. The number of carbonyl (C=O) groups excluding carboxylic acids is 1. The fourth-order valence-corrected chi connectivity index (χ4v) is 5.03. The molecule has 0 saturated carbocycles. The van der Waals surface area contributed by atoms with Crippen molar-refractivity contribution in [1.29, 1.82) is 0 Å². The van der Waals surface area contributed by atoms with Crippen molar-refractivity contribution in [2.45, 2.75) is 44.2 Å². The number of benzene rings is 1. The summed E-state index contributed by atoms with van der Waals surface area (Å²) in [6.45, 7) is 2.67. The van der Waals surface area contributed by atoms with Crippen molar-refractivity contribution in [3.63, 3.8) is 0 Å². The quantitative estimate of drug-likeness (QED) is 0.831. The molecule has 2 bridgehead atoms. The number of fused-ring (bicyclic) bond motifs is 1. The molecule has 3 atom stereocenters. The fraction of sp³-hybridized carbons (Fsp3) is 0.526. The summed E-state index contributed by atoms with van der Waals surface area (Å²) in [6, 6.07) is 4.21. The molecule has 23 heavy (non-hydrogen) atoms. The Morgan fingerprint density at radius 1 is 1.39 bits per heavy atom. The van der Waals surface area contributed by atoms with Gasteiger partial charge < -0.3 is 15.1 Å². The minimum Gasteiger partial charge on any atom is -0.507 e. The standard InChI is InChI=1S/C19H23NO3/c1-11-7-14-15-8-12-3-4-13(10-21)18(23)17(12)19(14,9-16(11)22)5-6-20(15)2/h3-4,7,14-15,21,23H,5-6,8-10H2,1-2H3/t14-,15+,19+/m1/s1. The molecule has 0 unspecified atom stereocenters. The van der Waals surface area contributed by atoms with Crippen molar-refractivity contribution in [3.8, 4) is 5.75 Å². The van der Waals surface area contributed by atoms with Crippen LogP contribution in [-0.2, 0) is 23.2 Å². The molecule has 1 saturated heterocycles. The van der Waals surface area contributed by atoms with Crippen LogP contribution in [0.3, 0.4) is 0 Å². The third-order valence-electron chi connectivity index (χ3n) is 6.32. The third-order valence-corrected chi connectivity index (χ3v) is 6.32. The van der Waals surface area contributed by atoms with Crippen molar-refractivity contribution < 1.29 is 15.0 Å². The number of piperidine rings is 1. The number of carbonyl (C=O) groups is 1. The smallest absolute Gasteiger partial charge is 0.159 e. The number of likely N-dealkylation sites (tertiary alicyclic amines) is 1. The number of Topliss-reactive ketones (excluding diaryl/α,β-unsaturated/α-hetero) is 1. The number of allylic oxidation sites excluding steroid dienone is 1. The van der Waals surface area contributed by atoms with Gasteiger partial charge in [-0.15, -0.1) is 0 Å². The normalized spacial score (nSPS) is 33.0. The predicted molar refractivity (Wildman–Crippen MR) is 87.3 cm³/mol. The summed E-state index contributed by atoms with van der Waals surface area (Å²) >= 11 is 0. The Kier molecular flexibility index (Phi) is 3.19. The highest BCUT2D eigenvalue weighted by atomic mass is 16.3. The van der Waals surface area contributed by atoms with Crippen LogP contribution in [-0.4, -0.2) is 40.5 Å². The van der Waals surface area contributed by atoms with Crippen LogP contribution < -0.4 is 0 Å². The first kappa shape index (κ1) is 14.9.